The molecular weight excluding hydrogens is 230 g/mol. The van der Waals surface area contributed by atoms with Crippen molar-refractivity contribution >= 4 is 17.4 Å². The highest BCUT2D eigenvalue weighted by molar-refractivity contribution is 6.52. The number of methoxy groups -OCH3 is 1. The lowest BCUT2D eigenvalue weighted by atomic mass is 9.96. The normalized spacial score (nSPS) is 14.3. The standard InChI is InChI=1S/C14H17NO3/c1-8-7-11-12(10(3)9(8)2)13(16)14(17)15(11)5-6-18-4/h7H,5-6H2,1-4H3. The van der Waals surface area contributed by atoms with Crippen molar-refractivity contribution in [2.75, 3.05) is 25.2 Å². The molecule has 0 aromatic heterocycles. The van der Waals surface area contributed by atoms with Crippen molar-refractivity contribution in [1.29, 1.82) is 0 Å². The second kappa shape index (κ2) is 4.53. The van der Waals surface area contributed by atoms with Crippen LogP contribution in [0.1, 0.15) is 27.0 Å². The van der Waals surface area contributed by atoms with Crippen LogP contribution in [0.25, 0.3) is 0 Å². The number of ether oxygens (including phenoxy) is 1. The van der Waals surface area contributed by atoms with Crippen LogP contribution in [0.15, 0.2) is 6.07 Å². The fraction of sp³-hybridized carbons (Fsp3) is 0.429. The predicted molar refractivity (Wildman–Crippen MR) is 69.2 cm³/mol. The highest BCUT2D eigenvalue weighted by atomic mass is 16.5. The summed E-state index contributed by atoms with van der Waals surface area (Å²) in [4.78, 5) is 25.5. The Balaban J connectivity index is 2.55. The van der Waals surface area contributed by atoms with Gasteiger partial charge in [0.1, 0.15) is 0 Å². The molecule has 0 radical (unpaired) electrons. The van der Waals surface area contributed by atoms with Crippen LogP contribution in [-0.4, -0.2) is 32.0 Å². The molecule has 1 heterocycles. The third kappa shape index (κ3) is 1.73. The fourth-order valence-corrected chi connectivity index (χ4v) is 2.30. The van der Waals surface area contributed by atoms with Crippen LogP contribution < -0.4 is 4.90 Å². The van der Waals surface area contributed by atoms with Crippen LogP contribution >= 0.6 is 0 Å². The summed E-state index contributed by atoms with van der Waals surface area (Å²) in [7, 11) is 1.58. The van der Waals surface area contributed by atoms with E-state index < -0.39 is 11.7 Å². The van der Waals surface area contributed by atoms with Gasteiger partial charge < -0.3 is 9.64 Å². The molecule has 4 heteroatoms. The first-order valence-electron chi connectivity index (χ1n) is 5.95. The van der Waals surface area contributed by atoms with E-state index in [0.717, 1.165) is 22.4 Å². The van der Waals surface area contributed by atoms with Gasteiger partial charge in [-0.05, 0) is 43.5 Å². The minimum absolute atomic E-state index is 0.401. The summed E-state index contributed by atoms with van der Waals surface area (Å²) in [6.07, 6.45) is 0. The zero-order valence-corrected chi connectivity index (χ0v) is 11.2. The van der Waals surface area contributed by atoms with Crippen molar-refractivity contribution in [2.24, 2.45) is 0 Å². The van der Waals surface area contributed by atoms with Crippen molar-refractivity contribution in [3.63, 3.8) is 0 Å². The molecular formula is C14H17NO3. The number of Topliss-reactive ketones (excluding diaryl/α,β-unsaturated/α-hetero) is 1. The number of ketones is 1. The summed E-state index contributed by atoms with van der Waals surface area (Å²) in [5.74, 6) is -0.850. The highest BCUT2D eigenvalue weighted by Gasteiger charge is 2.37. The monoisotopic (exact) mass is 247 g/mol. The molecule has 1 aromatic rings. The van der Waals surface area contributed by atoms with Gasteiger partial charge in [-0.3, -0.25) is 9.59 Å². The molecule has 0 bridgehead atoms. The van der Waals surface area contributed by atoms with Crippen LogP contribution in [0.5, 0.6) is 0 Å². The van der Waals surface area contributed by atoms with E-state index in [1.54, 1.807) is 7.11 Å². The molecule has 1 aliphatic heterocycles. The predicted octanol–water partition coefficient (Wildman–Crippen LogP) is 1.79. The van der Waals surface area contributed by atoms with Gasteiger partial charge in [-0.15, -0.1) is 0 Å². The van der Waals surface area contributed by atoms with Crippen LogP contribution in [-0.2, 0) is 9.53 Å². The molecule has 0 atom stereocenters. The lowest BCUT2D eigenvalue weighted by molar-refractivity contribution is -0.114. The lowest BCUT2D eigenvalue weighted by Crippen LogP contribution is -2.32. The molecule has 1 amide bonds. The van der Waals surface area contributed by atoms with E-state index in [9.17, 15) is 9.59 Å². The maximum atomic E-state index is 12.0. The van der Waals surface area contributed by atoms with E-state index in [2.05, 4.69) is 0 Å². The number of nitrogens with zero attached hydrogens (tertiary/aromatic N) is 1. The van der Waals surface area contributed by atoms with Gasteiger partial charge in [0, 0.05) is 13.7 Å². The quantitative estimate of drug-likeness (QED) is 0.765. The summed E-state index contributed by atoms with van der Waals surface area (Å²) in [6, 6.07) is 1.91. The van der Waals surface area contributed by atoms with Crippen molar-refractivity contribution in [1.82, 2.24) is 0 Å². The molecule has 2 rings (SSSR count). The Morgan fingerprint density at radius 2 is 1.83 bits per heavy atom. The number of fused-ring (bicyclic) bond motifs is 1. The first-order chi connectivity index (χ1) is 8.49. The number of anilines is 1. The van der Waals surface area contributed by atoms with Gasteiger partial charge in [-0.2, -0.15) is 0 Å². The highest BCUT2D eigenvalue weighted by Crippen LogP contribution is 2.34. The second-order valence-corrected chi connectivity index (χ2v) is 4.62. The van der Waals surface area contributed by atoms with Crippen molar-refractivity contribution in [3.8, 4) is 0 Å². The molecule has 0 saturated heterocycles. The van der Waals surface area contributed by atoms with Gasteiger partial charge >= 0.3 is 0 Å². The molecule has 18 heavy (non-hydrogen) atoms. The topological polar surface area (TPSA) is 46.6 Å². The third-order valence-corrected chi connectivity index (χ3v) is 3.61. The Labute approximate surface area is 107 Å². The van der Waals surface area contributed by atoms with E-state index in [-0.39, 0.29) is 0 Å². The number of hydrogen-bond donors (Lipinski definition) is 0. The fourth-order valence-electron chi connectivity index (χ4n) is 2.30. The minimum atomic E-state index is -0.449. The van der Waals surface area contributed by atoms with E-state index in [0.29, 0.717) is 18.7 Å². The van der Waals surface area contributed by atoms with E-state index >= 15 is 0 Å². The lowest BCUT2D eigenvalue weighted by Gasteiger charge is -2.17. The Morgan fingerprint density at radius 1 is 1.17 bits per heavy atom. The van der Waals surface area contributed by atoms with Crippen LogP contribution in [0.4, 0.5) is 5.69 Å². The van der Waals surface area contributed by atoms with Gasteiger partial charge in [0.15, 0.2) is 0 Å². The number of benzene rings is 1. The largest absolute Gasteiger partial charge is 0.383 e. The van der Waals surface area contributed by atoms with Gasteiger partial charge in [-0.25, -0.2) is 0 Å². The van der Waals surface area contributed by atoms with E-state index in [1.807, 2.05) is 26.8 Å². The average Bonchev–Trinajstić information content (AvgIpc) is 2.57. The molecule has 96 valence electrons. The van der Waals surface area contributed by atoms with Crippen LogP contribution in [0.2, 0.25) is 0 Å². The number of carbonyl (C=O) groups is 2. The number of rotatable bonds is 3. The SMILES string of the molecule is COCCN1C(=O)C(=O)c2c1cc(C)c(C)c2C. The average molecular weight is 247 g/mol. The molecule has 4 nitrogen and oxygen atoms in total. The van der Waals surface area contributed by atoms with Gasteiger partial charge in [0.2, 0.25) is 0 Å². The number of carbonyl (C=O) groups excluding carboxylic acids is 2. The number of amides is 1. The molecule has 0 spiro atoms. The van der Waals surface area contributed by atoms with Gasteiger partial charge in [0.25, 0.3) is 11.7 Å². The van der Waals surface area contributed by atoms with Crippen LogP contribution in [0, 0.1) is 20.8 Å². The Bertz CT molecular complexity index is 534. The Morgan fingerprint density at radius 3 is 2.44 bits per heavy atom. The summed E-state index contributed by atoms with van der Waals surface area (Å²) < 4.78 is 4.98. The molecule has 0 fully saturated rings. The van der Waals surface area contributed by atoms with Crippen LogP contribution in [0.3, 0.4) is 0 Å². The van der Waals surface area contributed by atoms with Crippen molar-refractivity contribution < 1.29 is 14.3 Å². The van der Waals surface area contributed by atoms with Gasteiger partial charge in [-0.1, -0.05) is 0 Å². The Kier molecular flexibility index (Phi) is 3.22. The first kappa shape index (κ1) is 12.8. The zero-order chi connectivity index (χ0) is 13.4. The molecule has 0 unspecified atom stereocenters. The van der Waals surface area contributed by atoms with E-state index in [4.69, 9.17) is 4.74 Å². The summed E-state index contributed by atoms with van der Waals surface area (Å²) in [5.41, 5.74) is 4.35. The second-order valence-electron chi connectivity index (χ2n) is 4.62. The number of hydrogen-bond acceptors (Lipinski definition) is 3. The van der Waals surface area contributed by atoms with Crippen molar-refractivity contribution in [3.05, 3.63) is 28.3 Å². The Hall–Kier alpha value is -1.68. The summed E-state index contributed by atoms with van der Waals surface area (Å²) in [6.45, 7) is 6.69. The van der Waals surface area contributed by atoms with Crippen molar-refractivity contribution in [2.45, 2.75) is 20.8 Å². The molecule has 0 N–H and O–H groups in total. The molecule has 1 aliphatic rings. The summed E-state index contributed by atoms with van der Waals surface area (Å²) in [5, 5.41) is 0. The van der Waals surface area contributed by atoms with Gasteiger partial charge in [0.05, 0.1) is 17.9 Å². The third-order valence-electron chi connectivity index (χ3n) is 3.61. The maximum absolute atomic E-state index is 12.0. The zero-order valence-electron chi connectivity index (χ0n) is 11.2. The van der Waals surface area contributed by atoms with E-state index in [1.165, 1.54) is 4.90 Å². The molecule has 0 aliphatic carbocycles. The number of aryl methyl sites for hydroxylation is 1. The minimum Gasteiger partial charge on any atom is -0.383 e. The molecule has 0 saturated carbocycles. The molecule has 1 aromatic carbocycles. The maximum Gasteiger partial charge on any atom is 0.299 e. The summed E-state index contributed by atoms with van der Waals surface area (Å²) >= 11 is 0. The first-order valence-corrected chi connectivity index (χ1v) is 5.95. The smallest absolute Gasteiger partial charge is 0.299 e.